The highest BCUT2D eigenvalue weighted by Gasteiger charge is 2.45. The molecule has 0 aliphatic carbocycles. The average Bonchev–Trinajstić information content (AvgIpc) is 3.02. The third-order valence-electron chi connectivity index (χ3n) is 3.82. The largest absolute Gasteiger partial charge is 0.479 e. The SMILES string of the molecule is CC(c1ccnc2ncnn12)[C@](O)(C(=O)O)c1ccccc1. The van der Waals surface area contributed by atoms with Gasteiger partial charge in [-0.15, -0.1) is 0 Å². The molecule has 22 heavy (non-hydrogen) atoms. The smallest absolute Gasteiger partial charge is 0.341 e. The fraction of sp³-hybridized carbons (Fsp3) is 0.200. The van der Waals surface area contributed by atoms with Gasteiger partial charge in [-0.1, -0.05) is 37.3 Å². The number of carboxylic acids is 1. The summed E-state index contributed by atoms with van der Waals surface area (Å²) in [6.07, 6.45) is 2.85. The Labute approximate surface area is 125 Å². The van der Waals surface area contributed by atoms with E-state index >= 15 is 0 Å². The molecule has 2 heterocycles. The van der Waals surface area contributed by atoms with Crippen LogP contribution in [0.3, 0.4) is 0 Å². The zero-order valence-corrected chi connectivity index (χ0v) is 11.8. The van der Waals surface area contributed by atoms with Crippen LogP contribution in [0.5, 0.6) is 0 Å². The molecule has 0 fully saturated rings. The second kappa shape index (κ2) is 5.19. The molecule has 2 atom stereocenters. The molecule has 7 nitrogen and oxygen atoms in total. The van der Waals surface area contributed by atoms with Gasteiger partial charge in [-0.2, -0.15) is 10.1 Å². The highest BCUT2D eigenvalue weighted by atomic mass is 16.4. The summed E-state index contributed by atoms with van der Waals surface area (Å²) in [5.74, 6) is -1.74. The van der Waals surface area contributed by atoms with Gasteiger partial charge in [0.1, 0.15) is 6.33 Å². The lowest BCUT2D eigenvalue weighted by Crippen LogP contribution is -2.41. The van der Waals surface area contributed by atoms with E-state index in [-0.39, 0.29) is 0 Å². The van der Waals surface area contributed by atoms with E-state index in [1.807, 2.05) is 0 Å². The lowest BCUT2D eigenvalue weighted by molar-refractivity contribution is -0.162. The van der Waals surface area contributed by atoms with Crippen molar-refractivity contribution >= 4 is 11.7 Å². The van der Waals surface area contributed by atoms with E-state index in [2.05, 4.69) is 15.1 Å². The van der Waals surface area contributed by atoms with E-state index in [0.717, 1.165) is 0 Å². The first kappa shape index (κ1) is 14.2. The summed E-state index contributed by atoms with van der Waals surface area (Å²) < 4.78 is 1.43. The minimum Gasteiger partial charge on any atom is -0.479 e. The normalized spacial score (nSPS) is 15.4. The van der Waals surface area contributed by atoms with Crippen LogP contribution >= 0.6 is 0 Å². The van der Waals surface area contributed by atoms with Crippen LogP contribution in [0.25, 0.3) is 5.78 Å². The molecule has 3 aromatic rings. The minimum atomic E-state index is -2.08. The lowest BCUT2D eigenvalue weighted by atomic mass is 9.80. The topological polar surface area (TPSA) is 101 Å². The van der Waals surface area contributed by atoms with Crippen LogP contribution in [-0.2, 0) is 10.4 Å². The summed E-state index contributed by atoms with van der Waals surface area (Å²) in [4.78, 5) is 19.8. The molecule has 1 unspecified atom stereocenters. The van der Waals surface area contributed by atoms with Crippen molar-refractivity contribution in [2.75, 3.05) is 0 Å². The number of hydrogen-bond acceptors (Lipinski definition) is 5. The monoisotopic (exact) mass is 298 g/mol. The molecular weight excluding hydrogens is 284 g/mol. The molecule has 7 heteroatoms. The van der Waals surface area contributed by atoms with Crippen LogP contribution in [-0.4, -0.2) is 35.8 Å². The first-order valence-corrected chi connectivity index (χ1v) is 6.71. The van der Waals surface area contributed by atoms with Crippen molar-refractivity contribution in [1.82, 2.24) is 19.6 Å². The molecule has 2 aromatic heterocycles. The Morgan fingerprint density at radius 3 is 2.64 bits per heavy atom. The first-order chi connectivity index (χ1) is 10.5. The molecule has 0 bridgehead atoms. The molecule has 0 spiro atoms. The number of rotatable bonds is 4. The number of nitrogens with zero attached hydrogens (tertiary/aromatic N) is 4. The summed E-state index contributed by atoms with van der Waals surface area (Å²) in [7, 11) is 0. The second-order valence-corrected chi connectivity index (χ2v) is 5.00. The summed E-state index contributed by atoms with van der Waals surface area (Å²) in [6, 6.07) is 9.94. The van der Waals surface area contributed by atoms with Crippen molar-refractivity contribution in [2.24, 2.45) is 0 Å². The van der Waals surface area contributed by atoms with E-state index in [1.165, 1.54) is 17.0 Å². The van der Waals surface area contributed by atoms with Crippen LogP contribution in [0.1, 0.15) is 24.1 Å². The maximum Gasteiger partial charge on any atom is 0.341 e. The second-order valence-electron chi connectivity index (χ2n) is 5.00. The Hall–Kier alpha value is -2.80. The number of hydrogen-bond donors (Lipinski definition) is 2. The number of aliphatic carboxylic acids is 1. The molecule has 0 saturated heterocycles. The van der Waals surface area contributed by atoms with Gasteiger partial charge in [-0.25, -0.2) is 14.3 Å². The molecule has 0 aliphatic heterocycles. The third-order valence-corrected chi connectivity index (χ3v) is 3.82. The Balaban J connectivity index is 2.17. The quantitative estimate of drug-likeness (QED) is 0.750. The standard InChI is InChI=1S/C15H14N4O3/c1-10(12-7-8-16-14-17-9-18-19(12)14)15(22,13(20)21)11-5-3-2-4-6-11/h2-10,22H,1H3,(H,20,21)/t10?,15-/m1/s1. The molecule has 0 saturated carbocycles. The van der Waals surface area contributed by atoms with Gasteiger partial charge >= 0.3 is 5.97 Å². The van der Waals surface area contributed by atoms with Crippen molar-refractivity contribution < 1.29 is 15.0 Å². The van der Waals surface area contributed by atoms with E-state index < -0.39 is 17.5 Å². The molecule has 2 N–H and O–H groups in total. The fourth-order valence-electron chi connectivity index (χ4n) is 2.55. The van der Waals surface area contributed by atoms with E-state index in [0.29, 0.717) is 17.0 Å². The van der Waals surface area contributed by atoms with Crippen LogP contribution in [0.15, 0.2) is 48.9 Å². The predicted octanol–water partition coefficient (Wildman–Crippen LogP) is 1.20. The lowest BCUT2D eigenvalue weighted by Gasteiger charge is -2.30. The van der Waals surface area contributed by atoms with Gasteiger partial charge in [0.2, 0.25) is 0 Å². The minimum absolute atomic E-state index is 0.306. The zero-order chi connectivity index (χ0) is 15.7. The summed E-state index contributed by atoms with van der Waals surface area (Å²) in [6.45, 7) is 1.64. The van der Waals surface area contributed by atoms with Crippen molar-refractivity contribution in [1.29, 1.82) is 0 Å². The fourth-order valence-corrected chi connectivity index (χ4v) is 2.55. The van der Waals surface area contributed by atoms with Crippen LogP contribution in [0.4, 0.5) is 0 Å². The Kier molecular flexibility index (Phi) is 3.34. The molecule has 1 aromatic carbocycles. The van der Waals surface area contributed by atoms with Gasteiger partial charge in [0.15, 0.2) is 5.60 Å². The Bertz CT molecular complexity index is 818. The molecule has 3 rings (SSSR count). The molecule has 112 valence electrons. The number of benzene rings is 1. The summed E-state index contributed by atoms with van der Waals surface area (Å²) >= 11 is 0. The molecule has 0 amide bonds. The van der Waals surface area contributed by atoms with Crippen molar-refractivity contribution in [3.8, 4) is 0 Å². The molecule has 0 aliphatic rings. The van der Waals surface area contributed by atoms with Gasteiger partial charge in [0.25, 0.3) is 5.78 Å². The first-order valence-electron chi connectivity index (χ1n) is 6.71. The van der Waals surface area contributed by atoms with Crippen molar-refractivity contribution in [3.63, 3.8) is 0 Å². The van der Waals surface area contributed by atoms with Crippen molar-refractivity contribution in [3.05, 3.63) is 60.2 Å². The van der Waals surface area contributed by atoms with Gasteiger partial charge in [-0.05, 0) is 11.6 Å². The van der Waals surface area contributed by atoms with Gasteiger partial charge in [-0.3, -0.25) is 0 Å². The maximum atomic E-state index is 11.8. The van der Waals surface area contributed by atoms with Crippen molar-refractivity contribution in [2.45, 2.75) is 18.4 Å². The van der Waals surface area contributed by atoms with E-state index in [9.17, 15) is 15.0 Å². The van der Waals surface area contributed by atoms with Gasteiger partial charge < -0.3 is 10.2 Å². The third kappa shape index (κ3) is 2.03. The average molecular weight is 298 g/mol. The van der Waals surface area contributed by atoms with E-state index in [4.69, 9.17) is 0 Å². The zero-order valence-electron chi connectivity index (χ0n) is 11.8. The molecular formula is C15H14N4O3. The number of aromatic nitrogens is 4. The van der Waals surface area contributed by atoms with Crippen LogP contribution in [0.2, 0.25) is 0 Å². The summed E-state index contributed by atoms with van der Waals surface area (Å²) in [5.41, 5.74) is -1.27. The Morgan fingerprint density at radius 1 is 1.23 bits per heavy atom. The van der Waals surface area contributed by atoms with Crippen LogP contribution < -0.4 is 0 Å². The highest BCUT2D eigenvalue weighted by Crippen LogP contribution is 2.36. The summed E-state index contributed by atoms with van der Waals surface area (Å²) in [5, 5.41) is 24.6. The van der Waals surface area contributed by atoms with E-state index in [1.54, 1.807) is 43.3 Å². The Morgan fingerprint density at radius 2 is 1.95 bits per heavy atom. The van der Waals surface area contributed by atoms with Gasteiger partial charge in [0.05, 0.1) is 5.69 Å². The molecule has 0 radical (unpaired) electrons. The highest BCUT2D eigenvalue weighted by molar-refractivity contribution is 5.80. The number of carbonyl (C=O) groups is 1. The van der Waals surface area contributed by atoms with Gasteiger partial charge in [0, 0.05) is 12.1 Å². The number of aliphatic hydroxyl groups is 1. The predicted molar refractivity (Wildman–Crippen MR) is 77.2 cm³/mol. The van der Waals surface area contributed by atoms with Crippen LogP contribution in [0, 0.1) is 0 Å². The maximum absolute atomic E-state index is 11.8. The number of carboxylic acid groups (broad SMARTS) is 1. The number of fused-ring (bicyclic) bond motifs is 1.